The minimum absolute atomic E-state index is 0.0503. The van der Waals surface area contributed by atoms with Crippen molar-refractivity contribution in [2.45, 2.75) is 19.5 Å². The number of carbonyl (C=O) groups excluding carboxylic acids is 1. The molecule has 2 atom stereocenters. The number of fused-ring (bicyclic) bond motifs is 1. The topological polar surface area (TPSA) is 32.3 Å². The second-order valence-electron chi connectivity index (χ2n) is 6.75. The van der Waals surface area contributed by atoms with Crippen LogP contribution in [-0.2, 0) is 11.3 Å². The number of amides is 1. The summed E-state index contributed by atoms with van der Waals surface area (Å²) in [5.41, 5.74) is 4.19. The van der Waals surface area contributed by atoms with Crippen LogP contribution in [0.15, 0.2) is 84.9 Å². The zero-order chi connectivity index (χ0) is 17.9. The molecule has 0 fully saturated rings. The van der Waals surface area contributed by atoms with Crippen LogP contribution >= 0.6 is 0 Å². The molecule has 3 aromatic rings. The maximum atomic E-state index is 13.4. The van der Waals surface area contributed by atoms with Crippen LogP contribution in [0.1, 0.15) is 24.1 Å². The van der Waals surface area contributed by atoms with E-state index in [1.807, 2.05) is 66.4 Å². The normalized spacial score (nSPS) is 19.4. The number of rotatable bonds is 3. The van der Waals surface area contributed by atoms with Gasteiger partial charge in [0.15, 0.2) is 0 Å². The molecule has 130 valence electrons. The van der Waals surface area contributed by atoms with Gasteiger partial charge in [-0.2, -0.15) is 0 Å². The fourth-order valence-electron chi connectivity index (χ4n) is 3.59. The Balaban J connectivity index is 1.76. The molecule has 0 saturated carbocycles. The van der Waals surface area contributed by atoms with E-state index in [0.717, 1.165) is 22.5 Å². The average Bonchev–Trinajstić information content (AvgIpc) is 2.80. The summed E-state index contributed by atoms with van der Waals surface area (Å²) in [6.45, 7) is 2.58. The van der Waals surface area contributed by atoms with Crippen LogP contribution in [0.3, 0.4) is 0 Å². The van der Waals surface area contributed by atoms with E-state index in [9.17, 15) is 4.79 Å². The first kappa shape index (κ1) is 16.4. The first-order chi connectivity index (χ1) is 12.7. The van der Waals surface area contributed by atoms with Crippen LogP contribution in [0.4, 0.5) is 11.4 Å². The number of hydrogen-bond donors (Lipinski definition) is 1. The van der Waals surface area contributed by atoms with E-state index < -0.39 is 0 Å². The molecular weight excluding hydrogens is 320 g/mol. The van der Waals surface area contributed by atoms with Gasteiger partial charge in [0, 0.05) is 0 Å². The minimum atomic E-state index is -0.173. The van der Waals surface area contributed by atoms with Crippen molar-refractivity contribution in [3.8, 4) is 0 Å². The summed E-state index contributed by atoms with van der Waals surface area (Å²) in [4.78, 5) is 15.3. The van der Waals surface area contributed by atoms with Gasteiger partial charge in [-0.25, -0.2) is 0 Å². The highest BCUT2D eigenvalue weighted by Crippen LogP contribution is 2.38. The predicted octanol–water partition coefficient (Wildman–Crippen LogP) is 5.02. The van der Waals surface area contributed by atoms with Gasteiger partial charge in [-0.3, -0.25) is 4.79 Å². The van der Waals surface area contributed by atoms with Crippen molar-refractivity contribution in [2.75, 3.05) is 10.2 Å². The van der Waals surface area contributed by atoms with E-state index in [4.69, 9.17) is 0 Å². The highest BCUT2D eigenvalue weighted by molar-refractivity contribution is 6.00. The van der Waals surface area contributed by atoms with Crippen LogP contribution < -0.4 is 10.2 Å². The number of nitrogens with one attached hydrogen (secondary N) is 1. The summed E-state index contributed by atoms with van der Waals surface area (Å²) in [5.74, 6) is -0.0336. The molecule has 0 aliphatic carbocycles. The van der Waals surface area contributed by atoms with Crippen LogP contribution in [0.5, 0.6) is 0 Å². The fourth-order valence-corrected chi connectivity index (χ4v) is 3.59. The SMILES string of the molecule is CC1C(=O)N(Cc2ccccc2)c2ccccc2NC1c1ccccc1. The van der Waals surface area contributed by atoms with E-state index in [1.54, 1.807) is 0 Å². The maximum Gasteiger partial charge on any atom is 0.232 e. The van der Waals surface area contributed by atoms with Crippen molar-refractivity contribution < 1.29 is 4.79 Å². The number of para-hydroxylation sites is 2. The van der Waals surface area contributed by atoms with Crippen molar-refractivity contribution in [1.82, 2.24) is 0 Å². The third kappa shape index (κ3) is 3.08. The van der Waals surface area contributed by atoms with Crippen LogP contribution in [0, 0.1) is 5.92 Å². The molecule has 26 heavy (non-hydrogen) atoms. The van der Waals surface area contributed by atoms with E-state index >= 15 is 0 Å². The number of nitrogens with zero attached hydrogens (tertiary/aromatic N) is 1. The van der Waals surface area contributed by atoms with Crippen molar-refractivity contribution >= 4 is 17.3 Å². The third-order valence-electron chi connectivity index (χ3n) is 5.00. The molecule has 0 bridgehead atoms. The van der Waals surface area contributed by atoms with Crippen LogP contribution in [0.2, 0.25) is 0 Å². The zero-order valence-corrected chi connectivity index (χ0v) is 14.8. The van der Waals surface area contributed by atoms with Crippen molar-refractivity contribution in [1.29, 1.82) is 0 Å². The second-order valence-corrected chi connectivity index (χ2v) is 6.75. The molecule has 0 spiro atoms. The summed E-state index contributed by atoms with van der Waals surface area (Å²) in [6, 6.07) is 28.4. The summed E-state index contributed by atoms with van der Waals surface area (Å²) in [7, 11) is 0. The maximum absolute atomic E-state index is 13.4. The van der Waals surface area contributed by atoms with E-state index in [-0.39, 0.29) is 17.9 Å². The molecule has 0 saturated heterocycles. The lowest BCUT2D eigenvalue weighted by atomic mass is 9.93. The molecule has 3 heteroatoms. The summed E-state index contributed by atoms with van der Waals surface area (Å²) >= 11 is 0. The number of hydrogen-bond acceptors (Lipinski definition) is 2. The Kier molecular flexibility index (Phi) is 4.44. The van der Waals surface area contributed by atoms with Gasteiger partial charge in [-0.1, -0.05) is 79.7 Å². The molecular formula is C23H22N2O. The lowest BCUT2D eigenvalue weighted by Crippen LogP contribution is -2.36. The largest absolute Gasteiger partial charge is 0.376 e. The molecule has 3 aromatic carbocycles. The molecule has 2 unspecified atom stereocenters. The van der Waals surface area contributed by atoms with Gasteiger partial charge in [0.2, 0.25) is 5.91 Å². The zero-order valence-electron chi connectivity index (χ0n) is 14.8. The molecule has 1 N–H and O–H groups in total. The molecule has 1 amide bonds. The van der Waals surface area contributed by atoms with Gasteiger partial charge in [0.05, 0.1) is 29.9 Å². The Labute approximate surface area is 154 Å². The quantitative estimate of drug-likeness (QED) is 0.724. The Morgan fingerprint density at radius 1 is 0.846 bits per heavy atom. The third-order valence-corrected chi connectivity index (χ3v) is 5.00. The Morgan fingerprint density at radius 3 is 2.19 bits per heavy atom. The van der Waals surface area contributed by atoms with Crippen LogP contribution in [0.25, 0.3) is 0 Å². The molecule has 0 aromatic heterocycles. The first-order valence-corrected chi connectivity index (χ1v) is 9.00. The monoisotopic (exact) mass is 342 g/mol. The Bertz CT molecular complexity index is 892. The first-order valence-electron chi connectivity index (χ1n) is 9.00. The van der Waals surface area contributed by atoms with Gasteiger partial charge in [-0.15, -0.1) is 0 Å². The lowest BCUT2D eigenvalue weighted by molar-refractivity contribution is -0.122. The van der Waals surface area contributed by atoms with E-state index in [1.165, 1.54) is 0 Å². The van der Waals surface area contributed by atoms with Gasteiger partial charge in [0.25, 0.3) is 0 Å². The molecule has 1 aliphatic heterocycles. The summed E-state index contributed by atoms with van der Waals surface area (Å²) in [5, 5.41) is 3.61. The smallest absolute Gasteiger partial charge is 0.232 e. The number of benzene rings is 3. The van der Waals surface area contributed by atoms with E-state index in [0.29, 0.717) is 6.54 Å². The van der Waals surface area contributed by atoms with Crippen LogP contribution in [-0.4, -0.2) is 5.91 Å². The molecule has 1 heterocycles. The minimum Gasteiger partial charge on any atom is -0.376 e. The lowest BCUT2D eigenvalue weighted by Gasteiger charge is -2.26. The molecule has 4 rings (SSSR count). The molecule has 3 nitrogen and oxygen atoms in total. The highest BCUT2D eigenvalue weighted by Gasteiger charge is 2.34. The number of carbonyl (C=O) groups is 1. The summed E-state index contributed by atoms with van der Waals surface area (Å²) < 4.78 is 0. The van der Waals surface area contributed by atoms with Crippen molar-refractivity contribution in [3.05, 3.63) is 96.1 Å². The van der Waals surface area contributed by atoms with Gasteiger partial charge < -0.3 is 10.2 Å². The average molecular weight is 342 g/mol. The number of anilines is 2. The highest BCUT2D eigenvalue weighted by atomic mass is 16.2. The summed E-state index contributed by atoms with van der Waals surface area (Å²) in [6.07, 6.45) is 0. The predicted molar refractivity (Wildman–Crippen MR) is 106 cm³/mol. The van der Waals surface area contributed by atoms with Crippen molar-refractivity contribution in [3.63, 3.8) is 0 Å². The molecule has 0 radical (unpaired) electrons. The second kappa shape index (κ2) is 7.04. The fraction of sp³-hybridized carbons (Fsp3) is 0.174. The Morgan fingerprint density at radius 2 is 1.46 bits per heavy atom. The van der Waals surface area contributed by atoms with Gasteiger partial charge in [-0.05, 0) is 23.3 Å². The van der Waals surface area contributed by atoms with E-state index in [2.05, 4.69) is 35.6 Å². The standard InChI is InChI=1S/C23H22N2O/c1-17-22(19-12-6-3-7-13-19)24-20-14-8-9-15-21(20)25(23(17)26)16-18-10-4-2-5-11-18/h2-15,17,22,24H,16H2,1H3. The molecule has 1 aliphatic rings. The van der Waals surface area contributed by atoms with Gasteiger partial charge in [0.1, 0.15) is 0 Å². The van der Waals surface area contributed by atoms with Crippen molar-refractivity contribution in [2.24, 2.45) is 5.92 Å². The Hall–Kier alpha value is -3.07. The van der Waals surface area contributed by atoms with Gasteiger partial charge >= 0.3 is 0 Å².